The first-order valence-electron chi connectivity index (χ1n) is 5.51. The van der Waals surface area contributed by atoms with Gasteiger partial charge in [0.2, 0.25) is 0 Å². The van der Waals surface area contributed by atoms with Crippen molar-refractivity contribution in [2.75, 3.05) is 0 Å². The van der Waals surface area contributed by atoms with Crippen LogP contribution in [0.2, 0.25) is 0 Å². The van der Waals surface area contributed by atoms with Crippen LogP contribution in [0.15, 0.2) is 31.8 Å². The third kappa shape index (κ3) is 3.65. The first kappa shape index (κ1) is 16.9. The Hall–Kier alpha value is -0.480. The Morgan fingerprint density at radius 1 is 1.19 bits per heavy atom. The summed E-state index contributed by atoms with van der Waals surface area (Å²) in [6.07, 6.45) is -4.72. The number of rotatable bonds is 3. The molecule has 1 aromatic heterocycles. The van der Waals surface area contributed by atoms with Crippen LogP contribution in [0.1, 0.15) is 22.7 Å². The quantitative estimate of drug-likeness (QED) is 0.395. The minimum atomic E-state index is -4.72. The highest BCUT2D eigenvalue weighted by molar-refractivity contribution is 9.12. The van der Waals surface area contributed by atoms with Crippen molar-refractivity contribution in [3.63, 3.8) is 0 Å². The van der Waals surface area contributed by atoms with Crippen LogP contribution in [-0.2, 0) is 6.18 Å². The Morgan fingerprint density at radius 2 is 1.86 bits per heavy atom. The lowest BCUT2D eigenvalue weighted by Crippen LogP contribution is -2.29. The molecule has 21 heavy (non-hydrogen) atoms. The first-order chi connectivity index (χ1) is 9.74. The summed E-state index contributed by atoms with van der Waals surface area (Å²) in [7, 11) is 0. The lowest BCUT2D eigenvalue weighted by Gasteiger charge is -2.17. The summed E-state index contributed by atoms with van der Waals surface area (Å²) in [5.74, 6) is 4.13. The van der Waals surface area contributed by atoms with Crippen LogP contribution in [0.4, 0.5) is 17.6 Å². The largest absolute Gasteiger partial charge is 0.419 e. The molecule has 0 spiro atoms. The number of benzene rings is 1. The minimum Gasteiger partial charge on any atom is -0.271 e. The highest BCUT2D eigenvalue weighted by atomic mass is 79.9. The van der Waals surface area contributed by atoms with E-state index in [4.69, 9.17) is 5.84 Å². The number of alkyl halides is 3. The zero-order valence-electron chi connectivity index (χ0n) is 10.1. The first-order valence-corrected chi connectivity index (χ1v) is 7.91. The second-order valence-electron chi connectivity index (χ2n) is 4.12. The number of hydrazine groups is 1. The maximum Gasteiger partial charge on any atom is 0.419 e. The van der Waals surface area contributed by atoms with Gasteiger partial charge in [0.05, 0.1) is 19.2 Å². The number of nitrogens with two attached hydrogens (primary N) is 1. The molecule has 0 bridgehead atoms. The summed E-state index contributed by atoms with van der Waals surface area (Å²) >= 11 is 8.03. The van der Waals surface area contributed by atoms with Crippen molar-refractivity contribution >= 4 is 43.2 Å². The summed E-state index contributed by atoms with van der Waals surface area (Å²) in [5, 5.41) is 0. The van der Waals surface area contributed by atoms with Gasteiger partial charge in [-0.2, -0.15) is 13.2 Å². The second-order valence-corrected chi connectivity index (χ2v) is 7.87. The van der Waals surface area contributed by atoms with E-state index < -0.39 is 23.6 Å². The third-order valence-corrected chi connectivity index (χ3v) is 5.18. The van der Waals surface area contributed by atoms with Crippen LogP contribution in [-0.4, -0.2) is 0 Å². The van der Waals surface area contributed by atoms with Gasteiger partial charge in [0.1, 0.15) is 5.82 Å². The number of hydrogen-bond donors (Lipinski definition) is 2. The number of halogens is 6. The monoisotopic (exact) mass is 446 g/mol. The molecule has 0 amide bonds. The Balaban J connectivity index is 2.45. The zero-order chi connectivity index (χ0) is 15.8. The van der Waals surface area contributed by atoms with E-state index >= 15 is 0 Å². The van der Waals surface area contributed by atoms with Crippen LogP contribution >= 0.6 is 43.2 Å². The predicted molar refractivity (Wildman–Crippen MR) is 80.3 cm³/mol. The summed E-state index contributed by atoms with van der Waals surface area (Å²) < 4.78 is 52.9. The molecule has 1 atom stereocenters. The number of hydrogen-bond acceptors (Lipinski definition) is 3. The van der Waals surface area contributed by atoms with Gasteiger partial charge in [0, 0.05) is 5.56 Å². The van der Waals surface area contributed by atoms with Crippen molar-refractivity contribution in [2.45, 2.75) is 12.2 Å². The Bertz CT molecular complexity index is 657. The fourth-order valence-corrected chi connectivity index (χ4v) is 4.76. The fourth-order valence-electron chi connectivity index (χ4n) is 1.86. The van der Waals surface area contributed by atoms with Gasteiger partial charge in [-0.3, -0.25) is 5.84 Å². The predicted octanol–water partition coefficient (Wildman–Crippen LogP) is 4.98. The SMILES string of the molecule is NNC(c1ccc(C(F)(F)F)c(F)c1)c1cc(Br)sc1Br. The number of nitrogens with one attached hydrogen (secondary N) is 1. The molecule has 1 unspecified atom stereocenters. The lowest BCUT2D eigenvalue weighted by molar-refractivity contribution is -0.140. The molecule has 0 radical (unpaired) electrons. The van der Waals surface area contributed by atoms with Crippen molar-refractivity contribution in [1.29, 1.82) is 0 Å². The average molecular weight is 448 g/mol. The summed E-state index contributed by atoms with van der Waals surface area (Å²) in [5.41, 5.74) is 2.19. The smallest absolute Gasteiger partial charge is 0.271 e. The molecule has 1 aromatic carbocycles. The average Bonchev–Trinajstić information content (AvgIpc) is 2.68. The highest BCUT2D eigenvalue weighted by Gasteiger charge is 2.34. The molecular formula is C12H8Br2F4N2S. The van der Waals surface area contributed by atoms with E-state index in [1.165, 1.54) is 17.4 Å². The summed E-state index contributed by atoms with van der Waals surface area (Å²) in [6, 6.07) is 3.89. The molecule has 0 aliphatic heterocycles. The maximum absolute atomic E-state index is 13.7. The molecule has 9 heteroatoms. The van der Waals surface area contributed by atoms with Crippen LogP contribution in [0.3, 0.4) is 0 Å². The van der Waals surface area contributed by atoms with Crippen LogP contribution in [0.25, 0.3) is 0 Å². The fraction of sp³-hybridized carbons (Fsp3) is 0.167. The molecule has 0 aliphatic rings. The Morgan fingerprint density at radius 3 is 2.29 bits per heavy atom. The van der Waals surface area contributed by atoms with Gasteiger partial charge in [-0.1, -0.05) is 6.07 Å². The van der Waals surface area contributed by atoms with Gasteiger partial charge in [0.15, 0.2) is 0 Å². The standard InChI is InChI=1S/C12H8Br2F4N2S/c13-9-4-6(11(14)21-9)10(20-19)5-1-2-7(8(15)3-5)12(16,17)18/h1-4,10,20H,19H2. The molecular weight excluding hydrogens is 440 g/mol. The molecule has 3 N–H and O–H groups in total. The molecule has 0 aliphatic carbocycles. The minimum absolute atomic E-state index is 0.300. The lowest BCUT2D eigenvalue weighted by atomic mass is 10.00. The van der Waals surface area contributed by atoms with Crippen molar-refractivity contribution in [3.8, 4) is 0 Å². The highest BCUT2D eigenvalue weighted by Crippen LogP contribution is 2.39. The molecule has 114 valence electrons. The maximum atomic E-state index is 13.7. The summed E-state index contributed by atoms with van der Waals surface area (Å²) in [6.45, 7) is 0. The third-order valence-electron chi connectivity index (χ3n) is 2.79. The van der Waals surface area contributed by atoms with E-state index in [0.717, 1.165) is 13.6 Å². The van der Waals surface area contributed by atoms with E-state index in [1.807, 2.05) is 0 Å². The van der Waals surface area contributed by atoms with Crippen LogP contribution in [0.5, 0.6) is 0 Å². The van der Waals surface area contributed by atoms with Crippen molar-refractivity contribution in [3.05, 3.63) is 54.3 Å². The molecule has 2 rings (SSSR count). The van der Waals surface area contributed by atoms with E-state index in [0.29, 0.717) is 17.2 Å². The number of thiophene rings is 1. The van der Waals surface area contributed by atoms with Gasteiger partial charge >= 0.3 is 6.18 Å². The van der Waals surface area contributed by atoms with Gasteiger partial charge in [-0.15, -0.1) is 11.3 Å². The molecule has 2 aromatic rings. The Kier molecular flexibility index (Phi) is 5.09. The van der Waals surface area contributed by atoms with Crippen molar-refractivity contribution in [2.24, 2.45) is 5.84 Å². The van der Waals surface area contributed by atoms with E-state index in [9.17, 15) is 17.6 Å². The van der Waals surface area contributed by atoms with Crippen LogP contribution in [0, 0.1) is 5.82 Å². The zero-order valence-corrected chi connectivity index (χ0v) is 14.1. The molecule has 2 nitrogen and oxygen atoms in total. The normalized spacial score (nSPS) is 13.5. The van der Waals surface area contributed by atoms with E-state index in [-0.39, 0.29) is 0 Å². The summed E-state index contributed by atoms with van der Waals surface area (Å²) in [4.78, 5) is 0. The Labute approximate surface area is 138 Å². The molecule has 0 saturated heterocycles. The van der Waals surface area contributed by atoms with Gasteiger partial charge in [-0.25, -0.2) is 9.82 Å². The van der Waals surface area contributed by atoms with Crippen molar-refractivity contribution in [1.82, 2.24) is 5.43 Å². The molecule has 1 heterocycles. The van der Waals surface area contributed by atoms with Crippen molar-refractivity contribution < 1.29 is 17.6 Å². The molecule has 0 saturated carbocycles. The van der Waals surface area contributed by atoms with Gasteiger partial charge in [0.25, 0.3) is 0 Å². The molecule has 0 fully saturated rings. The van der Waals surface area contributed by atoms with E-state index in [2.05, 4.69) is 37.3 Å². The second kappa shape index (κ2) is 6.33. The van der Waals surface area contributed by atoms with Gasteiger partial charge < -0.3 is 0 Å². The van der Waals surface area contributed by atoms with Crippen LogP contribution < -0.4 is 11.3 Å². The van der Waals surface area contributed by atoms with Gasteiger partial charge in [-0.05, 0) is 55.6 Å². The topological polar surface area (TPSA) is 38.0 Å². The van der Waals surface area contributed by atoms with E-state index in [1.54, 1.807) is 6.07 Å².